The van der Waals surface area contributed by atoms with E-state index in [0.717, 1.165) is 41.7 Å². The molecule has 172 valence electrons. The van der Waals surface area contributed by atoms with Crippen LogP contribution in [0.5, 0.6) is 0 Å². The Balaban J connectivity index is 1.49. The number of terminal acetylenes is 1. The number of rotatable bonds is 7. The summed E-state index contributed by atoms with van der Waals surface area (Å²) < 4.78 is 2.55. The molecule has 0 radical (unpaired) electrons. The van der Waals surface area contributed by atoms with Crippen molar-refractivity contribution in [1.82, 2.24) is 0 Å². The Hall–Kier alpha value is -3.25. The fourth-order valence-electron chi connectivity index (χ4n) is 4.56. The van der Waals surface area contributed by atoms with E-state index >= 15 is 0 Å². The highest BCUT2D eigenvalue weighted by atomic mass is 32.2. The zero-order valence-electron chi connectivity index (χ0n) is 20.0. The minimum atomic E-state index is 0.953. The van der Waals surface area contributed by atoms with Crippen LogP contribution < -0.4 is 0 Å². The lowest BCUT2D eigenvalue weighted by atomic mass is 10.0. The van der Waals surface area contributed by atoms with Gasteiger partial charge in [0, 0.05) is 25.7 Å². The smallest absolute Gasteiger partial charge is 0.0368 e. The molecule has 4 aromatic rings. The summed E-state index contributed by atoms with van der Waals surface area (Å²) in [6, 6.07) is 17.7. The molecule has 5 rings (SSSR count). The lowest BCUT2D eigenvalue weighted by molar-refractivity contribution is 0.857. The average Bonchev–Trinajstić information content (AvgIpc) is 3.21. The van der Waals surface area contributed by atoms with Gasteiger partial charge in [-0.1, -0.05) is 78.9 Å². The molecule has 1 aromatic heterocycles. The van der Waals surface area contributed by atoms with Crippen molar-refractivity contribution in [3.05, 3.63) is 112 Å². The van der Waals surface area contributed by atoms with E-state index in [1.54, 1.807) is 11.8 Å². The maximum absolute atomic E-state index is 5.98. The lowest BCUT2D eigenvalue weighted by Crippen LogP contribution is -1.87. The van der Waals surface area contributed by atoms with Crippen LogP contribution in [-0.4, -0.2) is 0 Å². The van der Waals surface area contributed by atoms with E-state index in [1.807, 2.05) is 11.3 Å². The van der Waals surface area contributed by atoms with Crippen LogP contribution in [0.1, 0.15) is 43.7 Å². The van der Waals surface area contributed by atoms with Crippen LogP contribution in [0.15, 0.2) is 101 Å². The van der Waals surface area contributed by atoms with Crippen molar-refractivity contribution in [2.45, 2.75) is 32.6 Å². The van der Waals surface area contributed by atoms with Crippen LogP contribution in [0.2, 0.25) is 0 Å². The van der Waals surface area contributed by atoms with Gasteiger partial charge in [-0.15, -0.1) is 17.8 Å². The van der Waals surface area contributed by atoms with Crippen molar-refractivity contribution in [3.63, 3.8) is 0 Å². The normalized spacial score (nSPS) is 14.9. The Labute approximate surface area is 216 Å². The summed E-state index contributed by atoms with van der Waals surface area (Å²) in [4.78, 5) is 2.42. The molecule has 0 atom stereocenters. The van der Waals surface area contributed by atoms with Crippen molar-refractivity contribution in [1.29, 1.82) is 0 Å². The molecule has 0 nitrogen and oxygen atoms in total. The van der Waals surface area contributed by atoms with Gasteiger partial charge in [0.15, 0.2) is 0 Å². The molecule has 0 amide bonds. The van der Waals surface area contributed by atoms with Gasteiger partial charge < -0.3 is 0 Å². The Morgan fingerprint density at radius 2 is 1.86 bits per heavy atom. The molecule has 3 aromatic carbocycles. The molecule has 0 N–H and O–H groups in total. The van der Waals surface area contributed by atoms with Crippen LogP contribution in [0, 0.1) is 12.3 Å². The number of allylic oxidation sites excluding steroid dienone is 8. The van der Waals surface area contributed by atoms with Crippen LogP contribution >= 0.6 is 23.1 Å². The molecule has 1 aliphatic carbocycles. The summed E-state index contributed by atoms with van der Waals surface area (Å²) in [7, 11) is 0. The van der Waals surface area contributed by atoms with Crippen molar-refractivity contribution >= 4 is 60.1 Å². The maximum atomic E-state index is 5.98. The van der Waals surface area contributed by atoms with Gasteiger partial charge in [0.05, 0.1) is 0 Å². The number of thiophene rings is 1. The Morgan fingerprint density at radius 3 is 2.60 bits per heavy atom. The quantitative estimate of drug-likeness (QED) is 0.184. The molecular formula is C33H28S2. The van der Waals surface area contributed by atoms with Crippen LogP contribution in [-0.2, 0) is 0 Å². The second-order valence-electron chi connectivity index (χ2n) is 8.95. The highest BCUT2D eigenvalue weighted by molar-refractivity contribution is 8.06. The van der Waals surface area contributed by atoms with Crippen molar-refractivity contribution in [2.75, 3.05) is 0 Å². The van der Waals surface area contributed by atoms with Gasteiger partial charge >= 0.3 is 0 Å². The van der Waals surface area contributed by atoms with Crippen LogP contribution in [0.25, 0.3) is 37.0 Å². The fraction of sp³-hybridized carbons (Fsp3) is 0.152. The number of benzene rings is 3. The zero-order valence-corrected chi connectivity index (χ0v) is 21.6. The van der Waals surface area contributed by atoms with Gasteiger partial charge in [-0.2, -0.15) is 0 Å². The molecule has 0 fully saturated rings. The van der Waals surface area contributed by atoms with E-state index in [9.17, 15) is 0 Å². The first-order valence-electron chi connectivity index (χ1n) is 12.0. The van der Waals surface area contributed by atoms with Crippen LogP contribution in [0.4, 0.5) is 0 Å². The Bertz CT molecular complexity index is 1600. The topological polar surface area (TPSA) is 0 Å². The monoisotopic (exact) mass is 488 g/mol. The summed E-state index contributed by atoms with van der Waals surface area (Å²) in [6.07, 6.45) is 23.5. The lowest BCUT2D eigenvalue weighted by Gasteiger charge is -2.09. The molecule has 0 saturated heterocycles. The van der Waals surface area contributed by atoms with E-state index in [1.165, 1.54) is 41.4 Å². The molecule has 0 aliphatic heterocycles. The van der Waals surface area contributed by atoms with Gasteiger partial charge in [-0.3, -0.25) is 0 Å². The molecule has 0 spiro atoms. The number of fused-ring (bicyclic) bond motifs is 4. The Kier molecular flexibility index (Phi) is 7.09. The van der Waals surface area contributed by atoms with Gasteiger partial charge in [-0.05, 0) is 94.7 Å². The number of hydrogen-bond donors (Lipinski definition) is 0. The number of unbranched alkanes of at least 4 members (excludes halogenated alkanes) is 1. The third-order valence-corrected chi connectivity index (χ3v) is 8.28. The third kappa shape index (κ3) is 5.38. The van der Waals surface area contributed by atoms with Crippen molar-refractivity contribution in [2.24, 2.45) is 0 Å². The highest BCUT2D eigenvalue weighted by Gasteiger charge is 2.11. The second-order valence-corrected chi connectivity index (χ2v) is 11.5. The van der Waals surface area contributed by atoms with E-state index in [4.69, 9.17) is 6.42 Å². The first-order chi connectivity index (χ1) is 17.1. The Morgan fingerprint density at radius 1 is 1.09 bits per heavy atom. The van der Waals surface area contributed by atoms with E-state index in [2.05, 4.69) is 104 Å². The standard InChI is InChI=1S/C33H28S2/c1-4-25-21-32-31(30-19-26-15-9-10-16-27(26)22-33(30)35-32)20-28(25)18-29(34-23(2)3)17-11-8-14-24-12-6-5-7-13-24/h1,5-7,9-10,12,14-16,18-22H,2,8,11,13,17H2,3H3/b24-14-,29-18+. The number of hydrogen-bond acceptors (Lipinski definition) is 2. The van der Waals surface area contributed by atoms with Crippen LogP contribution in [0.3, 0.4) is 0 Å². The molecule has 0 unspecified atom stereocenters. The third-order valence-electron chi connectivity index (χ3n) is 6.23. The summed E-state index contributed by atoms with van der Waals surface area (Å²) in [6.45, 7) is 6.22. The summed E-state index contributed by atoms with van der Waals surface area (Å²) in [5.41, 5.74) is 3.48. The molecule has 0 bridgehead atoms. The summed E-state index contributed by atoms with van der Waals surface area (Å²) in [5.74, 6) is 2.94. The first kappa shape index (κ1) is 23.5. The first-order valence-corrected chi connectivity index (χ1v) is 13.7. The van der Waals surface area contributed by atoms with Gasteiger partial charge in [0.2, 0.25) is 0 Å². The largest absolute Gasteiger partial charge is 0.135 e. The predicted octanol–water partition coefficient (Wildman–Crippen LogP) is 10.4. The molecular weight excluding hydrogens is 460 g/mol. The van der Waals surface area contributed by atoms with Gasteiger partial charge in [0.25, 0.3) is 0 Å². The van der Waals surface area contributed by atoms with Gasteiger partial charge in [0.1, 0.15) is 0 Å². The van der Waals surface area contributed by atoms with Crippen molar-refractivity contribution in [3.8, 4) is 12.3 Å². The van der Waals surface area contributed by atoms with E-state index in [0.29, 0.717) is 0 Å². The molecule has 35 heavy (non-hydrogen) atoms. The van der Waals surface area contributed by atoms with Gasteiger partial charge in [-0.25, -0.2) is 0 Å². The predicted molar refractivity (Wildman–Crippen MR) is 160 cm³/mol. The minimum Gasteiger partial charge on any atom is -0.135 e. The molecule has 2 heteroatoms. The molecule has 1 heterocycles. The minimum absolute atomic E-state index is 0.953. The van der Waals surface area contributed by atoms with E-state index < -0.39 is 0 Å². The highest BCUT2D eigenvalue weighted by Crippen LogP contribution is 2.39. The summed E-state index contributed by atoms with van der Waals surface area (Å²) >= 11 is 3.59. The molecule has 0 saturated carbocycles. The van der Waals surface area contributed by atoms with Crippen molar-refractivity contribution < 1.29 is 0 Å². The molecule has 1 aliphatic rings. The maximum Gasteiger partial charge on any atom is 0.0368 e. The zero-order chi connectivity index (χ0) is 24.2. The number of thioether (sulfide) groups is 1. The average molecular weight is 489 g/mol. The second kappa shape index (κ2) is 10.6. The fourth-order valence-corrected chi connectivity index (χ4v) is 6.60. The SMILES string of the molecule is C#Cc1cc2sc3cc4ccccc4cc3c2cc1/C=C(\CCC/C=C1/C=CC=CC1)SC(=C)C. The summed E-state index contributed by atoms with van der Waals surface area (Å²) in [5, 5.41) is 5.13. The van der Waals surface area contributed by atoms with E-state index in [-0.39, 0.29) is 0 Å².